The number of nitrogens with one attached hydrogen (secondary N) is 1. The van der Waals surface area contributed by atoms with Crippen molar-refractivity contribution in [3.8, 4) is 0 Å². The number of nitrogens with zero attached hydrogens (tertiary/aromatic N) is 4. The lowest BCUT2D eigenvalue weighted by molar-refractivity contribution is -0.115. The van der Waals surface area contributed by atoms with E-state index in [1.54, 1.807) is 30.5 Å². The lowest BCUT2D eigenvalue weighted by Crippen LogP contribution is -2.36. The zero-order valence-electron chi connectivity index (χ0n) is 17.6. The average Bonchev–Trinajstić information content (AvgIpc) is 3.40. The molecule has 1 saturated heterocycles. The van der Waals surface area contributed by atoms with E-state index >= 15 is 0 Å². The minimum Gasteiger partial charge on any atom is -0.467 e. The number of piperidine rings is 1. The van der Waals surface area contributed by atoms with Crippen molar-refractivity contribution in [2.24, 2.45) is 5.92 Å². The molecule has 0 saturated carbocycles. The number of rotatable bonds is 7. The molecule has 1 amide bonds. The lowest BCUT2D eigenvalue weighted by Gasteiger charge is -2.31. The number of carbonyl (C=O) groups excluding carboxylic acids is 1. The molecule has 0 bridgehead atoms. The number of hydrogen-bond acceptors (Lipinski definition) is 6. The summed E-state index contributed by atoms with van der Waals surface area (Å²) < 4.78 is 7.62. The maximum atomic E-state index is 12.7. The van der Waals surface area contributed by atoms with Gasteiger partial charge in [-0.3, -0.25) is 9.36 Å². The Balaban J connectivity index is 1.52. The second-order valence-electron chi connectivity index (χ2n) is 7.90. The van der Waals surface area contributed by atoms with Crippen LogP contribution >= 0.6 is 23.4 Å². The van der Waals surface area contributed by atoms with Crippen LogP contribution in [0.5, 0.6) is 0 Å². The quantitative estimate of drug-likeness (QED) is 0.505. The fraction of sp³-hybridized carbons (Fsp3) is 0.409. The normalized spacial score (nSPS) is 17.5. The highest BCUT2D eigenvalue weighted by molar-refractivity contribution is 8.00. The molecule has 9 heteroatoms. The number of thioether (sulfide) groups is 1. The topological polar surface area (TPSA) is 76.2 Å². The van der Waals surface area contributed by atoms with Crippen LogP contribution in [0.1, 0.15) is 32.4 Å². The second kappa shape index (κ2) is 9.78. The van der Waals surface area contributed by atoms with Crippen molar-refractivity contribution >= 4 is 40.9 Å². The van der Waals surface area contributed by atoms with Crippen LogP contribution in [0.3, 0.4) is 0 Å². The number of halogens is 1. The first-order valence-electron chi connectivity index (χ1n) is 10.4. The lowest BCUT2D eigenvalue weighted by atomic mass is 10.0. The van der Waals surface area contributed by atoms with Gasteiger partial charge in [0, 0.05) is 23.8 Å². The maximum absolute atomic E-state index is 12.7. The van der Waals surface area contributed by atoms with E-state index in [1.165, 1.54) is 18.2 Å². The molecule has 0 spiro atoms. The molecule has 1 N–H and O–H groups in total. The number of hydrogen-bond donors (Lipinski definition) is 1. The van der Waals surface area contributed by atoms with Gasteiger partial charge in [0.15, 0.2) is 5.16 Å². The van der Waals surface area contributed by atoms with Crippen molar-refractivity contribution < 1.29 is 9.21 Å². The van der Waals surface area contributed by atoms with Crippen molar-refractivity contribution in [2.75, 3.05) is 23.3 Å². The van der Waals surface area contributed by atoms with Crippen molar-refractivity contribution in [3.63, 3.8) is 0 Å². The molecular formula is C22H26ClN5O2S. The number of furan rings is 1. The highest BCUT2D eigenvalue weighted by Crippen LogP contribution is 2.29. The van der Waals surface area contributed by atoms with E-state index in [9.17, 15) is 4.79 Å². The van der Waals surface area contributed by atoms with Gasteiger partial charge in [-0.15, -0.1) is 10.2 Å². The Labute approximate surface area is 191 Å². The predicted molar refractivity (Wildman–Crippen MR) is 124 cm³/mol. The molecule has 164 valence electrons. The first kappa shape index (κ1) is 21.8. The van der Waals surface area contributed by atoms with Crippen molar-refractivity contribution in [1.82, 2.24) is 14.8 Å². The fourth-order valence-electron chi connectivity index (χ4n) is 3.66. The smallest absolute Gasteiger partial charge is 0.237 e. The Hall–Kier alpha value is -2.45. The average molecular weight is 460 g/mol. The number of benzene rings is 1. The number of aromatic nitrogens is 3. The SMILES string of the molecule is C[C@H]1CCCN(c2nnc(S[C@@H](C)C(=O)Nc3ccc(Cl)cc3)n2Cc2ccco2)C1. The third-order valence-electron chi connectivity index (χ3n) is 5.29. The summed E-state index contributed by atoms with van der Waals surface area (Å²) in [5, 5.41) is 12.8. The van der Waals surface area contributed by atoms with Crippen LogP contribution in [-0.2, 0) is 11.3 Å². The van der Waals surface area contributed by atoms with Gasteiger partial charge in [-0.25, -0.2) is 0 Å². The van der Waals surface area contributed by atoms with Crippen LogP contribution < -0.4 is 10.2 Å². The first-order chi connectivity index (χ1) is 15.0. The number of anilines is 2. The van der Waals surface area contributed by atoms with Crippen LogP contribution in [0.2, 0.25) is 5.02 Å². The highest BCUT2D eigenvalue weighted by atomic mass is 35.5. The van der Waals surface area contributed by atoms with Crippen LogP contribution in [-0.4, -0.2) is 39.0 Å². The van der Waals surface area contributed by atoms with Gasteiger partial charge in [0.05, 0.1) is 18.1 Å². The van der Waals surface area contributed by atoms with Crippen LogP contribution in [0.15, 0.2) is 52.2 Å². The molecule has 0 unspecified atom stereocenters. The highest BCUT2D eigenvalue weighted by Gasteiger charge is 2.26. The van der Waals surface area contributed by atoms with Crippen LogP contribution in [0.4, 0.5) is 11.6 Å². The molecule has 2 aromatic heterocycles. The fourth-order valence-corrected chi connectivity index (χ4v) is 4.63. The maximum Gasteiger partial charge on any atom is 0.237 e. The summed E-state index contributed by atoms with van der Waals surface area (Å²) in [7, 11) is 0. The zero-order chi connectivity index (χ0) is 21.8. The standard InChI is InChI=1S/C22H26ClN5O2S/c1-15-5-3-11-27(13-15)21-25-26-22(28(21)14-19-6-4-12-30-19)31-16(2)20(29)24-18-9-7-17(23)8-10-18/h4,6-10,12,15-16H,3,5,11,13-14H2,1-2H3,(H,24,29)/t15-,16-/m0/s1. The van der Waals surface area contributed by atoms with E-state index in [0.717, 1.165) is 31.2 Å². The summed E-state index contributed by atoms with van der Waals surface area (Å²) in [6.45, 7) is 6.56. The second-order valence-corrected chi connectivity index (χ2v) is 9.64. The summed E-state index contributed by atoms with van der Waals surface area (Å²) in [4.78, 5) is 15.0. The molecule has 0 aliphatic carbocycles. The Morgan fingerprint density at radius 2 is 2.13 bits per heavy atom. The molecule has 0 radical (unpaired) electrons. The molecule has 1 aliphatic rings. The molecule has 3 heterocycles. The minimum absolute atomic E-state index is 0.104. The van der Waals surface area contributed by atoms with Gasteiger partial charge in [0.2, 0.25) is 11.9 Å². The minimum atomic E-state index is -0.358. The van der Waals surface area contributed by atoms with Crippen molar-refractivity contribution in [2.45, 2.75) is 43.6 Å². The van der Waals surface area contributed by atoms with Gasteiger partial charge in [0.1, 0.15) is 5.76 Å². The molecule has 1 aromatic carbocycles. The molecule has 1 fully saturated rings. The molecule has 2 atom stereocenters. The Morgan fingerprint density at radius 1 is 1.32 bits per heavy atom. The third kappa shape index (κ3) is 5.43. The monoisotopic (exact) mass is 459 g/mol. The van der Waals surface area contributed by atoms with E-state index in [-0.39, 0.29) is 11.2 Å². The van der Waals surface area contributed by atoms with Crippen molar-refractivity contribution in [3.05, 3.63) is 53.4 Å². The zero-order valence-corrected chi connectivity index (χ0v) is 19.2. The van der Waals surface area contributed by atoms with Gasteiger partial charge in [0.25, 0.3) is 0 Å². The summed E-state index contributed by atoms with van der Waals surface area (Å²) >= 11 is 7.31. The molecule has 3 aromatic rings. The van der Waals surface area contributed by atoms with Gasteiger partial charge in [-0.2, -0.15) is 0 Å². The Kier molecular flexibility index (Phi) is 6.87. The molecule has 31 heavy (non-hydrogen) atoms. The van der Waals surface area contributed by atoms with E-state index in [2.05, 4.69) is 27.3 Å². The number of carbonyl (C=O) groups is 1. The first-order valence-corrected chi connectivity index (χ1v) is 11.7. The third-order valence-corrected chi connectivity index (χ3v) is 6.63. The Morgan fingerprint density at radius 3 is 2.84 bits per heavy atom. The largest absolute Gasteiger partial charge is 0.467 e. The molecule has 7 nitrogen and oxygen atoms in total. The van der Waals surface area contributed by atoms with Crippen molar-refractivity contribution in [1.29, 1.82) is 0 Å². The molecule has 1 aliphatic heterocycles. The van der Waals surface area contributed by atoms with E-state index in [4.69, 9.17) is 16.0 Å². The summed E-state index contributed by atoms with van der Waals surface area (Å²) in [6, 6.07) is 10.9. The number of amides is 1. The van der Waals surface area contributed by atoms with Gasteiger partial charge < -0.3 is 14.6 Å². The molecular weight excluding hydrogens is 434 g/mol. The van der Waals surface area contributed by atoms with Crippen LogP contribution in [0, 0.1) is 5.92 Å². The van der Waals surface area contributed by atoms with Gasteiger partial charge >= 0.3 is 0 Å². The Bertz CT molecular complexity index is 1010. The van der Waals surface area contributed by atoms with Gasteiger partial charge in [-0.1, -0.05) is 30.3 Å². The van der Waals surface area contributed by atoms with E-state index in [1.807, 2.05) is 23.6 Å². The van der Waals surface area contributed by atoms with Gasteiger partial charge in [-0.05, 0) is 62.1 Å². The summed E-state index contributed by atoms with van der Waals surface area (Å²) in [5.74, 6) is 2.16. The molecule has 4 rings (SSSR count). The van der Waals surface area contributed by atoms with E-state index in [0.29, 0.717) is 28.3 Å². The summed E-state index contributed by atoms with van der Waals surface area (Å²) in [6.07, 6.45) is 4.03. The van der Waals surface area contributed by atoms with Crippen LogP contribution in [0.25, 0.3) is 0 Å². The predicted octanol–water partition coefficient (Wildman–Crippen LogP) is 4.93. The van der Waals surface area contributed by atoms with E-state index < -0.39 is 0 Å². The summed E-state index contributed by atoms with van der Waals surface area (Å²) in [5.41, 5.74) is 0.710.